The first-order chi connectivity index (χ1) is 13.6. The second-order valence-corrected chi connectivity index (χ2v) is 7.56. The van der Waals surface area contributed by atoms with E-state index in [0.29, 0.717) is 24.0 Å². The van der Waals surface area contributed by atoms with Crippen molar-refractivity contribution in [3.8, 4) is 6.07 Å². The molecule has 144 valence electrons. The van der Waals surface area contributed by atoms with E-state index in [0.717, 1.165) is 30.5 Å². The predicted molar refractivity (Wildman–Crippen MR) is 113 cm³/mol. The van der Waals surface area contributed by atoms with Gasteiger partial charge in [-0.2, -0.15) is 5.26 Å². The van der Waals surface area contributed by atoms with Gasteiger partial charge in [-0.25, -0.2) is 0 Å². The first-order valence-corrected chi connectivity index (χ1v) is 9.91. The molecule has 0 aliphatic carbocycles. The van der Waals surface area contributed by atoms with Crippen molar-refractivity contribution in [3.05, 3.63) is 76.5 Å². The number of nitrogens with one attached hydrogen (secondary N) is 1. The Morgan fingerprint density at radius 3 is 2.61 bits per heavy atom. The van der Waals surface area contributed by atoms with Crippen LogP contribution in [-0.2, 0) is 11.2 Å². The van der Waals surface area contributed by atoms with Gasteiger partial charge in [0, 0.05) is 30.0 Å². The Labute approximate surface area is 171 Å². The van der Waals surface area contributed by atoms with Crippen molar-refractivity contribution in [1.29, 1.82) is 5.26 Å². The van der Waals surface area contributed by atoms with Gasteiger partial charge in [-0.3, -0.25) is 4.79 Å². The summed E-state index contributed by atoms with van der Waals surface area (Å²) < 4.78 is 0. The Kier molecular flexibility index (Phi) is 6.73. The van der Waals surface area contributed by atoms with E-state index in [1.807, 2.05) is 37.3 Å². The molecule has 1 amide bonds. The van der Waals surface area contributed by atoms with E-state index in [4.69, 9.17) is 11.6 Å². The number of carbonyl (C=O) groups excluding carboxylic acids is 1. The van der Waals surface area contributed by atoms with Crippen LogP contribution in [0.25, 0.3) is 0 Å². The van der Waals surface area contributed by atoms with Crippen molar-refractivity contribution in [1.82, 2.24) is 4.90 Å². The van der Waals surface area contributed by atoms with Crippen molar-refractivity contribution >= 4 is 23.2 Å². The van der Waals surface area contributed by atoms with Gasteiger partial charge in [0.15, 0.2) is 0 Å². The van der Waals surface area contributed by atoms with Gasteiger partial charge in [-0.15, -0.1) is 0 Å². The fourth-order valence-corrected chi connectivity index (χ4v) is 3.69. The monoisotopic (exact) mass is 393 g/mol. The quantitative estimate of drug-likeness (QED) is 0.577. The predicted octanol–water partition coefficient (Wildman–Crippen LogP) is 4.95. The average Bonchev–Trinajstić information content (AvgIpc) is 2.72. The van der Waals surface area contributed by atoms with Crippen molar-refractivity contribution in [2.24, 2.45) is 5.92 Å². The number of nitriles is 1. The highest BCUT2D eigenvalue weighted by Gasteiger charge is 2.25. The van der Waals surface area contributed by atoms with Crippen LogP contribution in [0.15, 0.2) is 60.3 Å². The summed E-state index contributed by atoms with van der Waals surface area (Å²) in [5, 5.41) is 13.1. The first kappa shape index (κ1) is 20.0. The van der Waals surface area contributed by atoms with E-state index in [9.17, 15) is 10.1 Å². The molecule has 0 bridgehead atoms. The molecule has 1 heterocycles. The first-order valence-electron chi connectivity index (χ1n) is 9.53. The fraction of sp³-hybridized carbons (Fsp3) is 0.304. The largest absolute Gasteiger partial charge is 0.360 e. The molecule has 3 rings (SSSR count). The summed E-state index contributed by atoms with van der Waals surface area (Å²) in [6.45, 7) is 3.26. The van der Waals surface area contributed by atoms with Crippen LogP contribution in [0.5, 0.6) is 0 Å². The molecule has 0 unspecified atom stereocenters. The van der Waals surface area contributed by atoms with Crippen molar-refractivity contribution in [2.45, 2.75) is 26.2 Å². The van der Waals surface area contributed by atoms with Gasteiger partial charge in [0.1, 0.15) is 11.6 Å². The molecule has 0 spiro atoms. The Bertz CT molecular complexity index is 894. The Hall–Kier alpha value is -2.77. The molecular formula is C23H24ClN3O. The van der Waals surface area contributed by atoms with Crippen LogP contribution >= 0.6 is 11.6 Å². The van der Waals surface area contributed by atoms with Gasteiger partial charge in [-0.1, -0.05) is 48.0 Å². The van der Waals surface area contributed by atoms with E-state index in [1.54, 1.807) is 4.90 Å². The molecular weight excluding hydrogens is 370 g/mol. The number of likely N-dealkylation sites (tertiary alicyclic amines) is 1. The van der Waals surface area contributed by atoms with Crippen LogP contribution in [0.2, 0.25) is 5.02 Å². The van der Waals surface area contributed by atoms with Gasteiger partial charge in [0.25, 0.3) is 5.91 Å². The minimum absolute atomic E-state index is 0.112. The molecule has 1 aliphatic rings. The second kappa shape index (κ2) is 9.43. The average molecular weight is 394 g/mol. The van der Waals surface area contributed by atoms with E-state index >= 15 is 0 Å². The second-order valence-electron chi connectivity index (χ2n) is 7.15. The summed E-state index contributed by atoms with van der Waals surface area (Å²) >= 11 is 6.12. The summed E-state index contributed by atoms with van der Waals surface area (Å²) in [5.74, 6) is 0.362. The maximum atomic E-state index is 12.7. The van der Waals surface area contributed by atoms with Gasteiger partial charge in [-0.05, 0) is 55.4 Å². The molecule has 1 N–H and O–H groups in total. The van der Waals surface area contributed by atoms with Crippen LogP contribution < -0.4 is 5.32 Å². The zero-order chi connectivity index (χ0) is 19.9. The Morgan fingerprint density at radius 1 is 1.21 bits per heavy atom. The molecule has 1 fully saturated rings. The van der Waals surface area contributed by atoms with Crippen LogP contribution in [0.4, 0.5) is 5.69 Å². The lowest BCUT2D eigenvalue weighted by Gasteiger charge is -2.32. The Morgan fingerprint density at radius 2 is 1.93 bits per heavy atom. The van der Waals surface area contributed by atoms with Gasteiger partial charge in [0.05, 0.1) is 0 Å². The van der Waals surface area contributed by atoms with Gasteiger partial charge < -0.3 is 10.2 Å². The standard InChI is InChI=1S/C23H24ClN3O/c1-17-21(24)8-5-9-22(17)26-16-20(15-25)23(28)27-12-10-19(11-13-27)14-18-6-3-2-4-7-18/h2-9,16,19,26H,10-14H2,1H3/b20-16-. The maximum absolute atomic E-state index is 12.7. The molecule has 0 saturated carbocycles. The number of hydrogen-bond acceptors (Lipinski definition) is 3. The number of anilines is 1. The van der Waals surface area contributed by atoms with Gasteiger partial charge in [0.2, 0.25) is 0 Å². The Balaban J connectivity index is 1.58. The number of carbonyl (C=O) groups is 1. The molecule has 1 aliphatic heterocycles. The number of benzene rings is 2. The highest BCUT2D eigenvalue weighted by Crippen LogP contribution is 2.24. The van der Waals surface area contributed by atoms with Crippen molar-refractivity contribution in [2.75, 3.05) is 18.4 Å². The summed E-state index contributed by atoms with van der Waals surface area (Å²) in [7, 11) is 0. The van der Waals surface area contributed by atoms with Crippen LogP contribution in [0.1, 0.15) is 24.0 Å². The van der Waals surface area contributed by atoms with E-state index in [-0.39, 0.29) is 11.5 Å². The molecule has 1 saturated heterocycles. The third-order valence-electron chi connectivity index (χ3n) is 5.26. The minimum Gasteiger partial charge on any atom is -0.360 e. The summed E-state index contributed by atoms with van der Waals surface area (Å²) in [5.41, 5.74) is 3.12. The zero-order valence-corrected chi connectivity index (χ0v) is 16.7. The summed E-state index contributed by atoms with van der Waals surface area (Å²) in [6, 6.07) is 18.0. The number of rotatable bonds is 5. The molecule has 28 heavy (non-hydrogen) atoms. The lowest BCUT2D eigenvalue weighted by molar-refractivity contribution is -0.128. The number of nitrogens with zero attached hydrogens (tertiary/aromatic N) is 2. The van der Waals surface area contributed by atoms with Crippen LogP contribution in [0.3, 0.4) is 0 Å². The van der Waals surface area contributed by atoms with Gasteiger partial charge >= 0.3 is 0 Å². The number of amides is 1. The topological polar surface area (TPSA) is 56.1 Å². The van der Waals surface area contributed by atoms with Crippen LogP contribution in [0, 0.1) is 24.2 Å². The summed E-state index contributed by atoms with van der Waals surface area (Å²) in [4.78, 5) is 14.5. The number of halogens is 1. The smallest absolute Gasteiger partial charge is 0.266 e. The van der Waals surface area contributed by atoms with Crippen molar-refractivity contribution in [3.63, 3.8) is 0 Å². The van der Waals surface area contributed by atoms with E-state index in [2.05, 4.69) is 29.6 Å². The molecule has 2 aromatic carbocycles. The lowest BCUT2D eigenvalue weighted by Crippen LogP contribution is -2.39. The van der Waals surface area contributed by atoms with Crippen molar-refractivity contribution < 1.29 is 4.79 Å². The molecule has 0 aromatic heterocycles. The minimum atomic E-state index is -0.215. The normalized spacial score (nSPS) is 15.2. The lowest BCUT2D eigenvalue weighted by atomic mass is 9.90. The van der Waals surface area contributed by atoms with E-state index in [1.165, 1.54) is 11.8 Å². The van der Waals surface area contributed by atoms with E-state index < -0.39 is 0 Å². The highest BCUT2D eigenvalue weighted by molar-refractivity contribution is 6.31. The third kappa shape index (κ3) is 4.94. The summed E-state index contributed by atoms with van der Waals surface area (Å²) in [6.07, 6.45) is 4.44. The number of hydrogen-bond donors (Lipinski definition) is 1. The maximum Gasteiger partial charge on any atom is 0.266 e. The molecule has 0 radical (unpaired) electrons. The molecule has 2 aromatic rings. The highest BCUT2D eigenvalue weighted by atomic mass is 35.5. The fourth-order valence-electron chi connectivity index (χ4n) is 3.51. The molecule has 0 atom stereocenters. The number of piperidine rings is 1. The third-order valence-corrected chi connectivity index (χ3v) is 5.67. The molecule has 4 nitrogen and oxygen atoms in total. The SMILES string of the molecule is Cc1c(Cl)cccc1N/C=C(/C#N)C(=O)N1CCC(Cc2ccccc2)CC1. The zero-order valence-electron chi connectivity index (χ0n) is 16.0. The van der Waals surface area contributed by atoms with Crippen LogP contribution in [-0.4, -0.2) is 23.9 Å². The molecule has 5 heteroatoms.